The molecule has 0 saturated heterocycles. The van der Waals surface area contributed by atoms with Gasteiger partial charge in [-0.05, 0) is 53.6 Å². The number of ether oxygens (including phenoxy) is 2. The second-order valence-corrected chi connectivity index (χ2v) is 6.18. The lowest BCUT2D eigenvalue weighted by Gasteiger charge is -2.26. The highest BCUT2D eigenvalue weighted by molar-refractivity contribution is 5.68. The fourth-order valence-electron chi connectivity index (χ4n) is 3.30. The molecule has 2 aromatic rings. The molecule has 1 aliphatic rings. The van der Waals surface area contributed by atoms with Crippen LogP contribution < -0.4 is 10.1 Å². The molecule has 0 fully saturated rings. The summed E-state index contributed by atoms with van der Waals surface area (Å²) in [5.74, 6) is 0.817. The molecule has 0 saturated carbocycles. The van der Waals surface area contributed by atoms with Crippen molar-refractivity contribution in [1.29, 1.82) is 0 Å². The Morgan fingerprint density at radius 2 is 2.04 bits per heavy atom. The molecule has 2 aromatic carbocycles. The van der Waals surface area contributed by atoms with Crippen LogP contribution >= 0.6 is 0 Å². The number of carboxylic acid groups (broad SMARTS) is 1. The van der Waals surface area contributed by atoms with Gasteiger partial charge in [0.15, 0.2) is 0 Å². The largest absolute Gasteiger partial charge is 0.491 e. The zero-order valence-electron chi connectivity index (χ0n) is 14.3. The average Bonchev–Trinajstić information content (AvgIpc) is 2.62. The van der Waals surface area contributed by atoms with E-state index in [-0.39, 0.29) is 6.04 Å². The third kappa shape index (κ3) is 4.31. The summed E-state index contributed by atoms with van der Waals surface area (Å²) in [4.78, 5) is 11.0. The van der Waals surface area contributed by atoms with Gasteiger partial charge in [0.25, 0.3) is 0 Å². The minimum absolute atomic E-state index is 0.112. The van der Waals surface area contributed by atoms with Crippen molar-refractivity contribution in [2.24, 2.45) is 0 Å². The SMILES string of the molecule is COCCOc1cccc(-c2ccc3c(c2)CCCC3NC(=O)O)c1. The van der Waals surface area contributed by atoms with Crippen LogP contribution in [0.15, 0.2) is 42.5 Å². The quantitative estimate of drug-likeness (QED) is 0.779. The summed E-state index contributed by atoms with van der Waals surface area (Å²) in [7, 11) is 1.65. The Kier molecular flexibility index (Phi) is 5.56. The first-order valence-corrected chi connectivity index (χ1v) is 8.52. The molecule has 0 heterocycles. The summed E-state index contributed by atoms with van der Waals surface area (Å²) >= 11 is 0. The van der Waals surface area contributed by atoms with Gasteiger partial charge in [-0.1, -0.05) is 30.3 Å². The van der Waals surface area contributed by atoms with Crippen LogP contribution in [0.3, 0.4) is 0 Å². The standard InChI is InChI=1S/C20H23NO4/c1-24-10-11-25-17-6-2-4-14(13-17)15-8-9-18-16(12-15)5-3-7-19(18)21-20(22)23/h2,4,6,8-9,12-13,19,21H,3,5,7,10-11H2,1H3,(H,22,23). The van der Waals surface area contributed by atoms with Crippen LogP contribution in [0.1, 0.15) is 30.0 Å². The van der Waals surface area contributed by atoms with Crippen LogP contribution in [0.2, 0.25) is 0 Å². The van der Waals surface area contributed by atoms with E-state index in [1.807, 2.05) is 24.3 Å². The predicted molar refractivity (Wildman–Crippen MR) is 96.1 cm³/mol. The molecule has 1 amide bonds. The molecule has 1 aliphatic carbocycles. The zero-order valence-corrected chi connectivity index (χ0v) is 14.3. The fraction of sp³-hybridized carbons (Fsp3) is 0.350. The number of hydrogen-bond acceptors (Lipinski definition) is 3. The van der Waals surface area contributed by atoms with E-state index in [9.17, 15) is 4.79 Å². The average molecular weight is 341 g/mol. The van der Waals surface area contributed by atoms with Crippen molar-refractivity contribution in [3.8, 4) is 16.9 Å². The zero-order chi connectivity index (χ0) is 17.6. The molecular formula is C20H23NO4. The van der Waals surface area contributed by atoms with Crippen molar-refractivity contribution in [2.75, 3.05) is 20.3 Å². The van der Waals surface area contributed by atoms with E-state index < -0.39 is 6.09 Å². The maximum Gasteiger partial charge on any atom is 0.405 e. The Labute approximate surface area is 147 Å². The minimum atomic E-state index is -0.970. The van der Waals surface area contributed by atoms with Gasteiger partial charge >= 0.3 is 6.09 Å². The monoisotopic (exact) mass is 341 g/mol. The molecule has 5 heteroatoms. The van der Waals surface area contributed by atoms with Gasteiger partial charge in [-0.3, -0.25) is 0 Å². The van der Waals surface area contributed by atoms with Crippen LogP contribution in [0.5, 0.6) is 5.75 Å². The maximum atomic E-state index is 11.0. The van der Waals surface area contributed by atoms with Crippen molar-refractivity contribution >= 4 is 6.09 Å². The third-order valence-corrected chi connectivity index (χ3v) is 4.48. The first-order chi connectivity index (χ1) is 12.2. The van der Waals surface area contributed by atoms with Crippen LogP contribution in [0.4, 0.5) is 4.79 Å². The predicted octanol–water partition coefficient (Wildman–Crippen LogP) is 4.02. The highest BCUT2D eigenvalue weighted by Crippen LogP contribution is 2.33. The summed E-state index contributed by atoms with van der Waals surface area (Å²) in [6.45, 7) is 1.08. The van der Waals surface area contributed by atoms with Gasteiger partial charge in [-0.25, -0.2) is 4.79 Å². The molecule has 1 atom stereocenters. The Balaban J connectivity index is 1.82. The summed E-state index contributed by atoms with van der Waals surface area (Å²) in [5.41, 5.74) is 4.51. The van der Waals surface area contributed by atoms with E-state index in [4.69, 9.17) is 14.6 Å². The van der Waals surface area contributed by atoms with Crippen LogP contribution in [-0.2, 0) is 11.2 Å². The Morgan fingerprint density at radius 3 is 2.84 bits per heavy atom. The number of rotatable bonds is 6. The Hall–Kier alpha value is -2.53. The van der Waals surface area contributed by atoms with E-state index >= 15 is 0 Å². The first-order valence-electron chi connectivity index (χ1n) is 8.52. The van der Waals surface area contributed by atoms with E-state index in [0.717, 1.165) is 41.7 Å². The number of benzene rings is 2. The van der Waals surface area contributed by atoms with Crippen molar-refractivity contribution < 1.29 is 19.4 Å². The number of hydrogen-bond donors (Lipinski definition) is 2. The number of fused-ring (bicyclic) bond motifs is 1. The molecule has 5 nitrogen and oxygen atoms in total. The number of carbonyl (C=O) groups is 1. The van der Waals surface area contributed by atoms with Crippen molar-refractivity contribution in [2.45, 2.75) is 25.3 Å². The second-order valence-electron chi connectivity index (χ2n) is 6.18. The molecule has 132 valence electrons. The molecule has 0 spiro atoms. The van der Waals surface area contributed by atoms with Gasteiger partial charge in [0.05, 0.1) is 12.6 Å². The van der Waals surface area contributed by atoms with E-state index in [2.05, 4.69) is 23.5 Å². The van der Waals surface area contributed by atoms with Gasteiger partial charge in [-0.15, -0.1) is 0 Å². The Morgan fingerprint density at radius 1 is 1.20 bits per heavy atom. The number of methoxy groups -OCH3 is 1. The minimum Gasteiger partial charge on any atom is -0.491 e. The molecule has 1 unspecified atom stereocenters. The van der Waals surface area contributed by atoms with E-state index in [1.54, 1.807) is 7.11 Å². The molecule has 0 radical (unpaired) electrons. The molecular weight excluding hydrogens is 318 g/mol. The normalized spacial score (nSPS) is 16.1. The molecule has 0 aliphatic heterocycles. The summed E-state index contributed by atoms with van der Waals surface area (Å²) in [6.07, 6.45) is 1.84. The Bertz CT molecular complexity index is 744. The summed E-state index contributed by atoms with van der Waals surface area (Å²) < 4.78 is 10.7. The molecule has 0 aromatic heterocycles. The van der Waals surface area contributed by atoms with Crippen LogP contribution in [0, 0.1) is 0 Å². The first kappa shape index (κ1) is 17.3. The maximum absolute atomic E-state index is 11.0. The lowest BCUT2D eigenvalue weighted by atomic mass is 9.86. The van der Waals surface area contributed by atoms with E-state index in [1.165, 1.54) is 5.56 Å². The van der Waals surface area contributed by atoms with Crippen molar-refractivity contribution in [1.82, 2.24) is 5.32 Å². The van der Waals surface area contributed by atoms with Crippen molar-refractivity contribution in [3.05, 3.63) is 53.6 Å². The van der Waals surface area contributed by atoms with Gasteiger partial charge in [0.2, 0.25) is 0 Å². The fourth-order valence-corrected chi connectivity index (χ4v) is 3.30. The number of amides is 1. The topological polar surface area (TPSA) is 67.8 Å². The van der Waals surface area contributed by atoms with Gasteiger partial charge in [0, 0.05) is 7.11 Å². The second kappa shape index (κ2) is 8.03. The third-order valence-electron chi connectivity index (χ3n) is 4.48. The highest BCUT2D eigenvalue weighted by atomic mass is 16.5. The van der Waals surface area contributed by atoms with Gasteiger partial charge in [-0.2, -0.15) is 0 Å². The molecule has 3 rings (SSSR count). The van der Waals surface area contributed by atoms with Crippen LogP contribution in [0.25, 0.3) is 11.1 Å². The van der Waals surface area contributed by atoms with Gasteiger partial charge < -0.3 is 19.9 Å². The lowest BCUT2D eigenvalue weighted by Crippen LogP contribution is -2.29. The molecule has 25 heavy (non-hydrogen) atoms. The molecule has 0 bridgehead atoms. The smallest absolute Gasteiger partial charge is 0.405 e. The van der Waals surface area contributed by atoms with Crippen LogP contribution in [-0.4, -0.2) is 31.5 Å². The molecule has 2 N–H and O–H groups in total. The van der Waals surface area contributed by atoms with Gasteiger partial charge in [0.1, 0.15) is 12.4 Å². The number of nitrogens with one attached hydrogen (secondary N) is 1. The number of aryl methyl sites for hydroxylation is 1. The lowest BCUT2D eigenvalue weighted by molar-refractivity contribution is 0.146. The van der Waals surface area contributed by atoms with Crippen molar-refractivity contribution in [3.63, 3.8) is 0 Å². The summed E-state index contributed by atoms with van der Waals surface area (Å²) in [5, 5.41) is 11.6. The van der Waals surface area contributed by atoms with E-state index in [0.29, 0.717) is 13.2 Å². The summed E-state index contributed by atoms with van der Waals surface area (Å²) in [6, 6.07) is 14.1. The highest BCUT2D eigenvalue weighted by Gasteiger charge is 2.21.